The summed E-state index contributed by atoms with van der Waals surface area (Å²) in [6.07, 6.45) is -12.0. The molecule has 3 fully saturated rings. The van der Waals surface area contributed by atoms with Crippen LogP contribution in [0.2, 0.25) is 0 Å². The van der Waals surface area contributed by atoms with Crippen LogP contribution in [0.4, 0.5) is 0 Å². The van der Waals surface area contributed by atoms with Gasteiger partial charge < -0.3 is 53.2 Å². The lowest BCUT2D eigenvalue weighted by Crippen LogP contribution is -2.67. The number of benzene rings is 4. The van der Waals surface area contributed by atoms with Gasteiger partial charge in [-0.15, -0.1) is 0 Å². The standard InChI is InChI=1S/C43H49BrO11/c1-43(2)54-40-37(50-25-30-18-20-31(44)21-19-30)33(45)34(46)39(41(40)55-43)53-42-35(47)38(51-24-29-16-10-5-11-17-29)36(49-23-28-14-8-4-9-15-28)32(52-42)26-48-22-27-12-6-3-7-13-27/h3-21,32-42,45-47H,22-26H2,1-2H3/t32-,33+,34+,35+,36-,37-,38-,39-,40-,41+,42-/m1/s1. The zero-order valence-corrected chi connectivity index (χ0v) is 32.4. The van der Waals surface area contributed by atoms with Crippen molar-refractivity contribution in [1.82, 2.24) is 0 Å². The molecule has 1 aliphatic carbocycles. The number of aliphatic hydroxyl groups is 3. The first kappa shape index (κ1) is 40.1. The van der Waals surface area contributed by atoms with Gasteiger partial charge in [0.2, 0.25) is 0 Å². The molecule has 55 heavy (non-hydrogen) atoms. The lowest BCUT2D eigenvalue weighted by Gasteiger charge is -2.48. The van der Waals surface area contributed by atoms with E-state index < -0.39 is 73.1 Å². The molecule has 4 aromatic rings. The van der Waals surface area contributed by atoms with Crippen molar-refractivity contribution >= 4 is 15.9 Å². The predicted octanol–water partition coefficient (Wildman–Crippen LogP) is 5.45. The molecule has 7 rings (SSSR count). The molecule has 294 valence electrons. The Bertz CT molecular complexity index is 1750. The minimum absolute atomic E-state index is 0.0760. The topological polar surface area (TPSA) is 135 Å². The lowest BCUT2D eigenvalue weighted by atomic mass is 9.84. The van der Waals surface area contributed by atoms with Crippen LogP contribution in [-0.4, -0.2) is 95.0 Å². The molecule has 3 N–H and O–H groups in total. The van der Waals surface area contributed by atoms with E-state index in [4.69, 9.17) is 37.9 Å². The number of rotatable bonds is 15. The van der Waals surface area contributed by atoms with E-state index in [0.29, 0.717) is 6.61 Å². The summed E-state index contributed by atoms with van der Waals surface area (Å²) < 4.78 is 52.0. The molecular weight excluding hydrogens is 772 g/mol. The second kappa shape index (κ2) is 18.5. The number of hydrogen-bond acceptors (Lipinski definition) is 11. The fourth-order valence-corrected chi connectivity index (χ4v) is 7.58. The molecule has 0 unspecified atom stereocenters. The van der Waals surface area contributed by atoms with Crippen LogP contribution >= 0.6 is 15.9 Å². The minimum Gasteiger partial charge on any atom is -0.387 e. The quantitative estimate of drug-likeness (QED) is 0.142. The molecular formula is C43H49BrO11. The Kier molecular flexibility index (Phi) is 13.5. The summed E-state index contributed by atoms with van der Waals surface area (Å²) >= 11 is 3.45. The van der Waals surface area contributed by atoms with Crippen LogP contribution in [0.3, 0.4) is 0 Å². The van der Waals surface area contributed by atoms with Gasteiger partial charge in [-0.1, -0.05) is 119 Å². The number of ether oxygens (including phenoxy) is 8. The summed E-state index contributed by atoms with van der Waals surface area (Å²) in [5.41, 5.74) is 3.69. The van der Waals surface area contributed by atoms with Gasteiger partial charge in [0.25, 0.3) is 0 Å². The van der Waals surface area contributed by atoms with E-state index in [1.807, 2.05) is 115 Å². The van der Waals surface area contributed by atoms with Crippen molar-refractivity contribution in [2.45, 2.75) is 113 Å². The molecule has 3 aliphatic rings. The Balaban J connectivity index is 1.13. The third kappa shape index (κ3) is 10.1. The van der Waals surface area contributed by atoms with Gasteiger partial charge in [0.1, 0.15) is 61.0 Å². The highest BCUT2D eigenvalue weighted by Gasteiger charge is 2.60. The smallest absolute Gasteiger partial charge is 0.187 e. The van der Waals surface area contributed by atoms with Gasteiger partial charge in [0, 0.05) is 4.47 Å². The zero-order valence-electron chi connectivity index (χ0n) is 30.8. The largest absolute Gasteiger partial charge is 0.387 e. The zero-order chi connectivity index (χ0) is 38.4. The highest BCUT2D eigenvalue weighted by Crippen LogP contribution is 2.41. The summed E-state index contributed by atoms with van der Waals surface area (Å²) in [5.74, 6) is -1.09. The minimum atomic E-state index is -1.49. The van der Waals surface area contributed by atoms with Gasteiger partial charge in [0.15, 0.2) is 12.1 Å². The van der Waals surface area contributed by atoms with E-state index in [9.17, 15) is 15.3 Å². The summed E-state index contributed by atoms with van der Waals surface area (Å²) in [7, 11) is 0. The Morgan fingerprint density at radius 3 is 1.56 bits per heavy atom. The van der Waals surface area contributed by atoms with Gasteiger partial charge in [-0.2, -0.15) is 0 Å². The van der Waals surface area contributed by atoms with Gasteiger partial charge in [0.05, 0.1) is 33.0 Å². The molecule has 12 heteroatoms. The molecule has 0 spiro atoms. The Morgan fingerprint density at radius 1 is 0.545 bits per heavy atom. The summed E-state index contributed by atoms with van der Waals surface area (Å²) in [6.45, 7) is 4.46. The van der Waals surface area contributed by atoms with Crippen molar-refractivity contribution in [1.29, 1.82) is 0 Å². The normalized spacial score (nSPS) is 31.6. The Labute approximate surface area is 330 Å². The molecule has 1 saturated carbocycles. The number of aliphatic hydroxyl groups excluding tert-OH is 3. The van der Waals surface area contributed by atoms with Crippen LogP contribution in [0.15, 0.2) is 120 Å². The molecule has 11 atom stereocenters. The van der Waals surface area contributed by atoms with Gasteiger partial charge in [-0.25, -0.2) is 0 Å². The molecule has 2 aliphatic heterocycles. The monoisotopic (exact) mass is 820 g/mol. The average Bonchev–Trinajstić information content (AvgIpc) is 3.52. The second-order valence-corrected chi connectivity index (χ2v) is 15.5. The van der Waals surface area contributed by atoms with Crippen LogP contribution in [0.5, 0.6) is 0 Å². The molecule has 4 aromatic carbocycles. The maximum atomic E-state index is 12.1. The third-order valence-corrected chi connectivity index (χ3v) is 10.6. The van der Waals surface area contributed by atoms with E-state index in [-0.39, 0.29) is 26.4 Å². The van der Waals surface area contributed by atoms with E-state index in [1.54, 1.807) is 13.8 Å². The second-order valence-electron chi connectivity index (χ2n) is 14.6. The summed E-state index contributed by atoms with van der Waals surface area (Å²) in [5, 5.41) is 35.3. The highest BCUT2D eigenvalue weighted by atomic mass is 79.9. The predicted molar refractivity (Wildman–Crippen MR) is 204 cm³/mol. The van der Waals surface area contributed by atoms with Crippen LogP contribution in [0.25, 0.3) is 0 Å². The van der Waals surface area contributed by atoms with Crippen LogP contribution < -0.4 is 0 Å². The first-order chi connectivity index (χ1) is 26.6. The number of halogens is 1. The first-order valence-electron chi connectivity index (χ1n) is 18.6. The van der Waals surface area contributed by atoms with Crippen molar-refractivity contribution < 1.29 is 53.2 Å². The van der Waals surface area contributed by atoms with E-state index in [2.05, 4.69) is 15.9 Å². The fraction of sp³-hybridized carbons (Fsp3) is 0.442. The maximum absolute atomic E-state index is 12.1. The van der Waals surface area contributed by atoms with Crippen molar-refractivity contribution in [3.63, 3.8) is 0 Å². The van der Waals surface area contributed by atoms with Crippen LogP contribution in [-0.2, 0) is 64.3 Å². The molecule has 0 radical (unpaired) electrons. The van der Waals surface area contributed by atoms with Crippen molar-refractivity contribution in [2.24, 2.45) is 0 Å². The first-order valence-corrected chi connectivity index (χ1v) is 19.4. The van der Waals surface area contributed by atoms with E-state index in [1.165, 1.54) is 0 Å². The van der Waals surface area contributed by atoms with Gasteiger partial charge in [-0.3, -0.25) is 0 Å². The number of hydrogen-bond donors (Lipinski definition) is 3. The lowest BCUT2D eigenvalue weighted by molar-refractivity contribution is -0.346. The fourth-order valence-electron chi connectivity index (χ4n) is 7.32. The molecule has 0 bridgehead atoms. The Morgan fingerprint density at radius 2 is 1.00 bits per heavy atom. The number of fused-ring (bicyclic) bond motifs is 1. The van der Waals surface area contributed by atoms with Gasteiger partial charge >= 0.3 is 0 Å². The average molecular weight is 822 g/mol. The highest BCUT2D eigenvalue weighted by molar-refractivity contribution is 9.10. The Hall–Kier alpha value is -3.08. The molecule has 0 amide bonds. The van der Waals surface area contributed by atoms with Crippen LogP contribution in [0.1, 0.15) is 36.1 Å². The van der Waals surface area contributed by atoms with Crippen molar-refractivity contribution in [3.05, 3.63) is 142 Å². The van der Waals surface area contributed by atoms with Gasteiger partial charge in [-0.05, 0) is 48.2 Å². The van der Waals surface area contributed by atoms with E-state index >= 15 is 0 Å². The maximum Gasteiger partial charge on any atom is 0.187 e. The van der Waals surface area contributed by atoms with E-state index in [0.717, 1.165) is 26.7 Å². The van der Waals surface area contributed by atoms with Crippen molar-refractivity contribution in [3.8, 4) is 0 Å². The molecule has 0 aromatic heterocycles. The third-order valence-electron chi connectivity index (χ3n) is 10.1. The van der Waals surface area contributed by atoms with Crippen LogP contribution in [0, 0.1) is 0 Å². The SMILES string of the molecule is CC1(C)O[C@@H]2[C@H](O1)[C@H](OCc1ccc(Br)cc1)[C@@H](O)[C@H](O)[C@H]2O[C@H]1O[C@H](COCc2ccccc2)[C@@H](OCc2ccccc2)[C@H](OCc2ccccc2)[C@@H]1O. The summed E-state index contributed by atoms with van der Waals surface area (Å²) in [6, 6.07) is 36.7. The van der Waals surface area contributed by atoms with Crippen molar-refractivity contribution in [2.75, 3.05) is 6.61 Å². The summed E-state index contributed by atoms with van der Waals surface area (Å²) in [4.78, 5) is 0. The molecule has 2 heterocycles. The molecule has 2 saturated heterocycles. The molecule has 11 nitrogen and oxygen atoms in total.